The first-order chi connectivity index (χ1) is 12.5. The molecule has 0 saturated carbocycles. The number of likely N-dealkylation sites (tertiary alicyclic amines) is 1. The van der Waals surface area contributed by atoms with Crippen LogP contribution in [0.3, 0.4) is 0 Å². The smallest absolute Gasteiger partial charge is 0.295 e. The minimum Gasteiger partial charge on any atom is -0.507 e. The summed E-state index contributed by atoms with van der Waals surface area (Å²) in [5.74, 6) is -1.06. The summed E-state index contributed by atoms with van der Waals surface area (Å²) in [7, 11) is 0. The van der Waals surface area contributed by atoms with E-state index in [1.54, 1.807) is 24.3 Å². The molecule has 4 nitrogen and oxygen atoms in total. The second kappa shape index (κ2) is 8.06. The number of amides is 1. The molecule has 1 aliphatic rings. The number of aliphatic hydroxyl groups is 1. The third-order valence-electron chi connectivity index (χ3n) is 4.31. The van der Waals surface area contributed by atoms with Gasteiger partial charge in [-0.05, 0) is 24.1 Å². The van der Waals surface area contributed by atoms with E-state index in [-0.39, 0.29) is 11.3 Å². The fourth-order valence-corrected chi connectivity index (χ4v) is 3.47. The van der Waals surface area contributed by atoms with E-state index >= 15 is 0 Å². The molecule has 2 aromatic rings. The first-order valence-electron chi connectivity index (χ1n) is 8.20. The molecule has 1 heterocycles. The number of ketones is 1. The van der Waals surface area contributed by atoms with E-state index in [2.05, 4.69) is 15.9 Å². The molecule has 1 amide bonds. The molecule has 1 aliphatic heterocycles. The Morgan fingerprint density at radius 3 is 2.35 bits per heavy atom. The highest BCUT2D eigenvalue weighted by molar-refractivity contribution is 9.10. The van der Waals surface area contributed by atoms with Gasteiger partial charge in [-0.3, -0.25) is 9.59 Å². The molecule has 0 radical (unpaired) electrons. The summed E-state index contributed by atoms with van der Waals surface area (Å²) >= 11 is 9.17. The van der Waals surface area contributed by atoms with Crippen LogP contribution in [-0.2, 0) is 9.59 Å². The molecule has 1 saturated heterocycles. The number of rotatable bonds is 5. The predicted octanol–water partition coefficient (Wildman–Crippen LogP) is 4.50. The molecule has 3 rings (SSSR count). The quantitative estimate of drug-likeness (QED) is 0.326. The molecule has 1 N–H and O–H groups in total. The van der Waals surface area contributed by atoms with Crippen molar-refractivity contribution in [2.45, 2.75) is 12.5 Å². The van der Waals surface area contributed by atoms with Gasteiger partial charge in [0.2, 0.25) is 0 Å². The molecule has 0 bridgehead atoms. The number of benzene rings is 2. The van der Waals surface area contributed by atoms with Crippen molar-refractivity contribution >= 4 is 45.0 Å². The first kappa shape index (κ1) is 18.7. The third-order valence-corrected chi connectivity index (χ3v) is 5.10. The Bertz CT molecular complexity index is 849. The van der Waals surface area contributed by atoms with Gasteiger partial charge in [-0.25, -0.2) is 0 Å². The van der Waals surface area contributed by atoms with Gasteiger partial charge in [0, 0.05) is 22.5 Å². The van der Waals surface area contributed by atoms with Gasteiger partial charge in [-0.2, -0.15) is 0 Å². The van der Waals surface area contributed by atoms with Crippen LogP contribution in [0.25, 0.3) is 5.76 Å². The van der Waals surface area contributed by atoms with Gasteiger partial charge in [-0.15, -0.1) is 11.6 Å². The van der Waals surface area contributed by atoms with Crippen molar-refractivity contribution in [3.8, 4) is 0 Å². The number of aliphatic hydroxyl groups excluding tert-OH is 1. The first-order valence-corrected chi connectivity index (χ1v) is 9.52. The molecule has 1 atom stereocenters. The molecule has 1 fully saturated rings. The Morgan fingerprint density at radius 1 is 1.08 bits per heavy atom. The zero-order valence-corrected chi connectivity index (χ0v) is 16.2. The number of halogens is 2. The van der Waals surface area contributed by atoms with Crippen LogP contribution in [0.5, 0.6) is 0 Å². The SMILES string of the molecule is O=C1C(=O)N(CCCCl)C(c2ccc(Br)cc2)C1=C(O)c1ccccc1. The minimum absolute atomic E-state index is 0.109. The lowest BCUT2D eigenvalue weighted by molar-refractivity contribution is -0.139. The summed E-state index contributed by atoms with van der Waals surface area (Å²) in [5.41, 5.74) is 1.38. The maximum atomic E-state index is 12.7. The molecule has 0 aromatic heterocycles. The summed E-state index contributed by atoms with van der Waals surface area (Å²) in [6, 6.07) is 15.5. The highest BCUT2D eigenvalue weighted by Crippen LogP contribution is 2.39. The average Bonchev–Trinajstić information content (AvgIpc) is 2.91. The van der Waals surface area contributed by atoms with Crippen LogP contribution in [0.15, 0.2) is 64.6 Å². The predicted molar refractivity (Wildman–Crippen MR) is 105 cm³/mol. The van der Waals surface area contributed by atoms with Crippen molar-refractivity contribution in [1.82, 2.24) is 4.90 Å². The van der Waals surface area contributed by atoms with Crippen molar-refractivity contribution in [3.63, 3.8) is 0 Å². The van der Waals surface area contributed by atoms with E-state index in [0.717, 1.165) is 10.0 Å². The van der Waals surface area contributed by atoms with Crippen LogP contribution in [0.4, 0.5) is 0 Å². The third kappa shape index (κ3) is 3.55. The van der Waals surface area contributed by atoms with Crippen molar-refractivity contribution < 1.29 is 14.7 Å². The number of carbonyl (C=O) groups is 2. The normalized spacial score (nSPS) is 19.2. The van der Waals surface area contributed by atoms with Crippen LogP contribution < -0.4 is 0 Å². The molecule has 26 heavy (non-hydrogen) atoms. The summed E-state index contributed by atoms with van der Waals surface area (Å²) in [4.78, 5) is 26.8. The maximum Gasteiger partial charge on any atom is 0.295 e. The zero-order chi connectivity index (χ0) is 18.7. The van der Waals surface area contributed by atoms with Gasteiger partial charge in [-0.1, -0.05) is 58.4 Å². The molecule has 2 aromatic carbocycles. The molecule has 0 aliphatic carbocycles. The fourth-order valence-electron chi connectivity index (χ4n) is 3.08. The van der Waals surface area contributed by atoms with Crippen molar-refractivity contribution in [1.29, 1.82) is 0 Å². The summed E-state index contributed by atoms with van der Waals surface area (Å²) in [5, 5.41) is 10.8. The maximum absolute atomic E-state index is 12.7. The van der Waals surface area contributed by atoms with Crippen LogP contribution in [0, 0.1) is 0 Å². The Kier molecular flexibility index (Phi) is 5.79. The van der Waals surface area contributed by atoms with E-state index in [0.29, 0.717) is 24.4 Å². The van der Waals surface area contributed by atoms with Crippen LogP contribution in [-0.4, -0.2) is 34.1 Å². The highest BCUT2D eigenvalue weighted by atomic mass is 79.9. The van der Waals surface area contributed by atoms with Crippen LogP contribution in [0.1, 0.15) is 23.6 Å². The molecule has 0 spiro atoms. The number of hydrogen-bond donors (Lipinski definition) is 1. The fraction of sp³-hybridized carbons (Fsp3) is 0.200. The van der Waals surface area contributed by atoms with Crippen molar-refractivity contribution in [2.75, 3.05) is 12.4 Å². The molecule has 1 unspecified atom stereocenters. The molecular formula is C20H17BrClNO3. The second-order valence-electron chi connectivity index (χ2n) is 5.95. The monoisotopic (exact) mass is 433 g/mol. The Morgan fingerprint density at radius 2 is 1.73 bits per heavy atom. The van der Waals surface area contributed by atoms with E-state index < -0.39 is 17.7 Å². The lowest BCUT2D eigenvalue weighted by Gasteiger charge is -2.25. The van der Waals surface area contributed by atoms with Gasteiger partial charge in [0.25, 0.3) is 11.7 Å². The highest BCUT2D eigenvalue weighted by Gasteiger charge is 2.45. The van der Waals surface area contributed by atoms with Crippen LogP contribution in [0.2, 0.25) is 0 Å². The van der Waals surface area contributed by atoms with E-state index in [1.165, 1.54) is 4.90 Å². The minimum atomic E-state index is -0.672. The number of alkyl halides is 1. The average molecular weight is 435 g/mol. The van der Waals surface area contributed by atoms with E-state index in [4.69, 9.17) is 11.6 Å². The van der Waals surface area contributed by atoms with Crippen molar-refractivity contribution in [3.05, 3.63) is 75.8 Å². The standard InChI is InChI=1S/C20H17BrClNO3/c21-15-9-7-13(8-10-15)17-16(18(24)14-5-2-1-3-6-14)19(25)20(26)23(17)12-4-11-22/h1-3,5-10,17,24H,4,11-12H2. The lowest BCUT2D eigenvalue weighted by atomic mass is 9.95. The number of nitrogens with zero attached hydrogens (tertiary/aromatic N) is 1. The number of carbonyl (C=O) groups excluding carboxylic acids is 2. The van der Waals surface area contributed by atoms with E-state index in [9.17, 15) is 14.7 Å². The largest absolute Gasteiger partial charge is 0.507 e. The van der Waals surface area contributed by atoms with Gasteiger partial charge in [0.15, 0.2) is 0 Å². The van der Waals surface area contributed by atoms with Gasteiger partial charge < -0.3 is 10.0 Å². The summed E-state index contributed by atoms with van der Waals surface area (Å²) in [6.07, 6.45) is 0.562. The number of Topliss-reactive ketones (excluding diaryl/α,β-unsaturated/α-hetero) is 1. The summed E-state index contributed by atoms with van der Waals surface area (Å²) in [6.45, 7) is 0.348. The summed E-state index contributed by atoms with van der Waals surface area (Å²) < 4.78 is 0.891. The van der Waals surface area contributed by atoms with Gasteiger partial charge >= 0.3 is 0 Å². The molecular weight excluding hydrogens is 418 g/mol. The van der Waals surface area contributed by atoms with E-state index in [1.807, 2.05) is 30.3 Å². The van der Waals surface area contributed by atoms with Crippen molar-refractivity contribution in [2.24, 2.45) is 0 Å². The Hall–Kier alpha value is -2.11. The van der Waals surface area contributed by atoms with Gasteiger partial charge in [0.05, 0.1) is 11.6 Å². The Balaban J connectivity index is 2.15. The second-order valence-corrected chi connectivity index (χ2v) is 7.25. The van der Waals surface area contributed by atoms with Gasteiger partial charge in [0.1, 0.15) is 5.76 Å². The topological polar surface area (TPSA) is 57.6 Å². The lowest BCUT2D eigenvalue weighted by Crippen LogP contribution is -2.30. The number of hydrogen-bond acceptors (Lipinski definition) is 3. The Labute approximate surface area is 165 Å². The molecule has 134 valence electrons. The molecule has 6 heteroatoms. The zero-order valence-electron chi connectivity index (χ0n) is 13.9. The van der Waals surface area contributed by atoms with Crippen LogP contribution >= 0.6 is 27.5 Å².